The van der Waals surface area contributed by atoms with E-state index in [0.717, 1.165) is 23.1 Å². The predicted molar refractivity (Wildman–Crippen MR) is 89.1 cm³/mol. The van der Waals surface area contributed by atoms with Gasteiger partial charge in [0.05, 0.1) is 23.4 Å². The standard InChI is InChI=1S/C15H15ClN4OS/c1-3-9-7-21-12-6-18-11(4-10(9)12)8(2)22-15-19-13(16)5-14(17)20-15/h4-8H,3H2,1-2H3,(H2,17,19,20). The van der Waals surface area contributed by atoms with Crippen LogP contribution in [-0.2, 0) is 6.42 Å². The average molecular weight is 335 g/mol. The highest BCUT2D eigenvalue weighted by molar-refractivity contribution is 7.99. The highest BCUT2D eigenvalue weighted by Crippen LogP contribution is 2.34. The molecule has 0 radical (unpaired) electrons. The van der Waals surface area contributed by atoms with Crippen molar-refractivity contribution in [2.45, 2.75) is 30.7 Å². The third-order valence-electron chi connectivity index (χ3n) is 3.34. The second kappa shape index (κ2) is 6.14. The number of furan rings is 1. The summed E-state index contributed by atoms with van der Waals surface area (Å²) in [6.07, 6.45) is 4.47. The van der Waals surface area contributed by atoms with Gasteiger partial charge in [-0.3, -0.25) is 4.98 Å². The molecule has 0 spiro atoms. The molecule has 0 bridgehead atoms. The molecular weight excluding hydrogens is 320 g/mol. The first-order chi connectivity index (χ1) is 10.6. The van der Waals surface area contributed by atoms with Crippen LogP contribution in [0.1, 0.15) is 30.4 Å². The normalized spacial score (nSPS) is 12.7. The number of pyridine rings is 1. The summed E-state index contributed by atoms with van der Waals surface area (Å²) in [5.41, 5.74) is 8.62. The SMILES string of the molecule is CCc1coc2cnc(C(C)Sc3nc(N)cc(Cl)n3)cc12. The minimum atomic E-state index is 0.0712. The van der Waals surface area contributed by atoms with E-state index in [2.05, 4.69) is 27.9 Å². The van der Waals surface area contributed by atoms with Crippen LogP contribution in [0.4, 0.5) is 5.82 Å². The van der Waals surface area contributed by atoms with Crippen LogP contribution in [0.5, 0.6) is 0 Å². The fraction of sp³-hybridized carbons (Fsp3) is 0.267. The number of nitrogen functional groups attached to an aromatic ring is 1. The summed E-state index contributed by atoms with van der Waals surface area (Å²) >= 11 is 7.38. The fourth-order valence-electron chi connectivity index (χ4n) is 2.18. The highest BCUT2D eigenvalue weighted by atomic mass is 35.5. The van der Waals surface area contributed by atoms with Crippen molar-refractivity contribution in [2.24, 2.45) is 0 Å². The maximum atomic E-state index is 5.91. The molecule has 7 heteroatoms. The summed E-state index contributed by atoms with van der Waals surface area (Å²) < 4.78 is 5.50. The van der Waals surface area contributed by atoms with E-state index in [1.54, 1.807) is 12.5 Å². The predicted octanol–water partition coefficient (Wildman–Crippen LogP) is 4.27. The van der Waals surface area contributed by atoms with Gasteiger partial charge in [0, 0.05) is 11.5 Å². The lowest BCUT2D eigenvalue weighted by Gasteiger charge is -2.10. The quantitative estimate of drug-likeness (QED) is 0.436. The number of rotatable bonds is 4. The average Bonchev–Trinajstić information content (AvgIpc) is 2.88. The summed E-state index contributed by atoms with van der Waals surface area (Å²) in [6, 6.07) is 3.59. The zero-order chi connectivity index (χ0) is 15.7. The summed E-state index contributed by atoms with van der Waals surface area (Å²) in [5, 5.41) is 2.06. The van der Waals surface area contributed by atoms with Gasteiger partial charge in [-0.15, -0.1) is 0 Å². The van der Waals surface area contributed by atoms with Gasteiger partial charge in [0.25, 0.3) is 0 Å². The Morgan fingerprint density at radius 3 is 2.91 bits per heavy atom. The van der Waals surface area contributed by atoms with Crippen LogP contribution in [0.2, 0.25) is 5.15 Å². The molecule has 0 aliphatic heterocycles. The van der Waals surface area contributed by atoms with Crippen molar-refractivity contribution in [3.8, 4) is 0 Å². The molecule has 0 aliphatic rings. The van der Waals surface area contributed by atoms with Gasteiger partial charge in [-0.2, -0.15) is 0 Å². The molecule has 2 N–H and O–H groups in total. The number of anilines is 1. The van der Waals surface area contributed by atoms with Gasteiger partial charge in [0.1, 0.15) is 11.0 Å². The van der Waals surface area contributed by atoms with Crippen LogP contribution in [0.25, 0.3) is 11.0 Å². The molecule has 1 unspecified atom stereocenters. The number of aryl methyl sites for hydroxylation is 1. The van der Waals surface area contributed by atoms with E-state index in [0.29, 0.717) is 16.1 Å². The molecule has 0 saturated carbocycles. The second-order valence-electron chi connectivity index (χ2n) is 4.88. The Hall–Kier alpha value is -1.79. The third kappa shape index (κ3) is 3.03. The zero-order valence-corrected chi connectivity index (χ0v) is 13.8. The van der Waals surface area contributed by atoms with Crippen molar-refractivity contribution in [3.63, 3.8) is 0 Å². The molecule has 0 fully saturated rings. The molecule has 22 heavy (non-hydrogen) atoms. The number of nitrogens with zero attached hydrogens (tertiary/aromatic N) is 3. The first-order valence-corrected chi connectivity index (χ1v) is 8.15. The molecular formula is C15H15ClN4OS. The van der Waals surface area contributed by atoms with Gasteiger partial charge in [-0.1, -0.05) is 30.3 Å². The van der Waals surface area contributed by atoms with E-state index in [9.17, 15) is 0 Å². The maximum absolute atomic E-state index is 5.91. The van der Waals surface area contributed by atoms with Gasteiger partial charge in [0.2, 0.25) is 0 Å². The third-order valence-corrected chi connectivity index (χ3v) is 4.52. The molecule has 3 aromatic heterocycles. The summed E-state index contributed by atoms with van der Waals surface area (Å²) in [7, 11) is 0. The molecule has 0 saturated heterocycles. The molecule has 114 valence electrons. The Morgan fingerprint density at radius 2 is 2.18 bits per heavy atom. The van der Waals surface area contributed by atoms with E-state index >= 15 is 0 Å². The zero-order valence-electron chi connectivity index (χ0n) is 12.2. The number of halogens is 1. The molecule has 0 amide bonds. The number of nitrogens with two attached hydrogens (primary N) is 1. The van der Waals surface area contributed by atoms with Crippen LogP contribution >= 0.6 is 23.4 Å². The van der Waals surface area contributed by atoms with E-state index in [1.807, 2.05) is 6.92 Å². The number of fused-ring (bicyclic) bond motifs is 1. The molecule has 0 aromatic carbocycles. The minimum Gasteiger partial charge on any atom is -0.462 e. The largest absolute Gasteiger partial charge is 0.462 e. The van der Waals surface area contributed by atoms with E-state index in [4.69, 9.17) is 21.8 Å². The van der Waals surface area contributed by atoms with Crippen LogP contribution in [0.3, 0.4) is 0 Å². The highest BCUT2D eigenvalue weighted by Gasteiger charge is 2.14. The van der Waals surface area contributed by atoms with E-state index < -0.39 is 0 Å². The van der Waals surface area contributed by atoms with Crippen molar-refractivity contribution >= 4 is 40.1 Å². The topological polar surface area (TPSA) is 77.8 Å². The summed E-state index contributed by atoms with van der Waals surface area (Å²) in [6.45, 7) is 4.15. The van der Waals surface area contributed by atoms with Gasteiger partial charge in [0.15, 0.2) is 10.7 Å². The van der Waals surface area contributed by atoms with Crippen molar-refractivity contribution in [2.75, 3.05) is 5.73 Å². The lowest BCUT2D eigenvalue weighted by molar-refractivity contribution is 0.609. The first-order valence-electron chi connectivity index (χ1n) is 6.89. The first kappa shape index (κ1) is 15.1. The Labute approximate surface area is 137 Å². The van der Waals surface area contributed by atoms with Crippen molar-refractivity contribution in [3.05, 3.63) is 41.0 Å². The summed E-state index contributed by atoms with van der Waals surface area (Å²) in [5.74, 6) is 0.362. The molecule has 3 aromatic rings. The van der Waals surface area contributed by atoms with Crippen molar-refractivity contribution < 1.29 is 4.42 Å². The summed E-state index contributed by atoms with van der Waals surface area (Å²) in [4.78, 5) is 12.8. The van der Waals surface area contributed by atoms with Crippen LogP contribution in [0.15, 0.2) is 34.2 Å². The monoisotopic (exact) mass is 334 g/mol. The van der Waals surface area contributed by atoms with Crippen LogP contribution < -0.4 is 5.73 Å². The van der Waals surface area contributed by atoms with E-state index in [-0.39, 0.29) is 5.25 Å². The minimum absolute atomic E-state index is 0.0712. The molecule has 0 aliphatic carbocycles. The Morgan fingerprint density at radius 1 is 1.36 bits per heavy atom. The number of aromatic nitrogens is 3. The molecule has 3 heterocycles. The lowest BCUT2D eigenvalue weighted by Crippen LogP contribution is -1.98. The number of thioether (sulfide) groups is 1. The number of hydrogen-bond donors (Lipinski definition) is 1. The smallest absolute Gasteiger partial charge is 0.191 e. The molecule has 3 rings (SSSR count). The molecule has 1 atom stereocenters. The lowest BCUT2D eigenvalue weighted by atomic mass is 10.1. The van der Waals surface area contributed by atoms with Gasteiger partial charge < -0.3 is 10.2 Å². The van der Waals surface area contributed by atoms with Gasteiger partial charge in [-0.05, 0) is 25.0 Å². The Kier molecular flexibility index (Phi) is 4.22. The second-order valence-corrected chi connectivity index (χ2v) is 6.57. The fourth-order valence-corrected chi connectivity index (χ4v) is 3.30. The number of hydrogen-bond acceptors (Lipinski definition) is 6. The van der Waals surface area contributed by atoms with Crippen LogP contribution in [-0.4, -0.2) is 15.0 Å². The van der Waals surface area contributed by atoms with Gasteiger partial charge in [-0.25, -0.2) is 9.97 Å². The van der Waals surface area contributed by atoms with E-state index in [1.165, 1.54) is 23.4 Å². The van der Waals surface area contributed by atoms with Crippen molar-refractivity contribution in [1.29, 1.82) is 0 Å². The maximum Gasteiger partial charge on any atom is 0.191 e. The Balaban J connectivity index is 1.89. The van der Waals surface area contributed by atoms with Gasteiger partial charge >= 0.3 is 0 Å². The Bertz CT molecular complexity index is 800. The van der Waals surface area contributed by atoms with Crippen molar-refractivity contribution in [1.82, 2.24) is 15.0 Å². The van der Waals surface area contributed by atoms with Crippen LogP contribution in [0, 0.1) is 0 Å². The molecule has 5 nitrogen and oxygen atoms in total.